The third-order valence-electron chi connectivity index (χ3n) is 1.60. The van der Waals surface area contributed by atoms with Crippen molar-refractivity contribution in [2.24, 2.45) is 11.8 Å². The second kappa shape index (κ2) is 2.12. The Morgan fingerprint density at radius 1 is 1.62 bits per heavy atom. The molecule has 1 unspecified atom stereocenters. The Labute approximate surface area is 49.4 Å². The molecule has 0 N–H and O–H groups in total. The standard InChI is InChI=1S/C7H10O/c1-2-6(5-8)7-3-4-7/h2,5-7H,1,3-4H2. The Morgan fingerprint density at radius 2 is 2.25 bits per heavy atom. The van der Waals surface area contributed by atoms with Crippen LogP contribution in [-0.4, -0.2) is 6.29 Å². The van der Waals surface area contributed by atoms with Crippen LogP contribution in [0.15, 0.2) is 12.7 Å². The largest absolute Gasteiger partial charge is 0.303 e. The van der Waals surface area contributed by atoms with Crippen LogP contribution < -0.4 is 0 Å². The number of carbonyl (C=O) groups is 1. The van der Waals surface area contributed by atoms with Gasteiger partial charge in [-0.15, -0.1) is 6.58 Å². The summed E-state index contributed by atoms with van der Waals surface area (Å²) in [6.07, 6.45) is 5.17. The average molecular weight is 110 g/mol. The van der Waals surface area contributed by atoms with Gasteiger partial charge < -0.3 is 4.79 Å². The smallest absolute Gasteiger partial charge is 0.127 e. The van der Waals surface area contributed by atoms with E-state index in [4.69, 9.17) is 0 Å². The summed E-state index contributed by atoms with van der Waals surface area (Å²) in [7, 11) is 0. The summed E-state index contributed by atoms with van der Waals surface area (Å²) in [5.41, 5.74) is 0. The maximum Gasteiger partial charge on any atom is 0.127 e. The summed E-state index contributed by atoms with van der Waals surface area (Å²) < 4.78 is 0. The molecule has 1 aliphatic rings. The fraction of sp³-hybridized carbons (Fsp3) is 0.571. The van der Waals surface area contributed by atoms with E-state index in [1.807, 2.05) is 0 Å². The Kier molecular flexibility index (Phi) is 1.47. The lowest BCUT2D eigenvalue weighted by Gasteiger charge is -1.96. The van der Waals surface area contributed by atoms with E-state index in [2.05, 4.69) is 6.58 Å². The van der Waals surface area contributed by atoms with Crippen molar-refractivity contribution >= 4 is 6.29 Å². The van der Waals surface area contributed by atoms with Crippen LogP contribution in [0, 0.1) is 11.8 Å². The lowest BCUT2D eigenvalue weighted by atomic mass is 10.1. The quantitative estimate of drug-likeness (QED) is 0.396. The van der Waals surface area contributed by atoms with E-state index in [-0.39, 0.29) is 5.92 Å². The number of hydrogen-bond donors (Lipinski definition) is 0. The van der Waals surface area contributed by atoms with Crippen LogP contribution in [0.3, 0.4) is 0 Å². The van der Waals surface area contributed by atoms with Gasteiger partial charge in [0.2, 0.25) is 0 Å². The van der Waals surface area contributed by atoms with Gasteiger partial charge in [-0.25, -0.2) is 0 Å². The van der Waals surface area contributed by atoms with Crippen LogP contribution in [0.25, 0.3) is 0 Å². The monoisotopic (exact) mass is 110 g/mol. The second-order valence-electron chi connectivity index (χ2n) is 2.29. The van der Waals surface area contributed by atoms with Crippen molar-refractivity contribution in [1.82, 2.24) is 0 Å². The molecule has 1 saturated carbocycles. The molecule has 44 valence electrons. The molecule has 1 heteroatoms. The number of aldehydes is 1. The van der Waals surface area contributed by atoms with Gasteiger partial charge in [0.1, 0.15) is 6.29 Å². The summed E-state index contributed by atoms with van der Waals surface area (Å²) >= 11 is 0. The van der Waals surface area contributed by atoms with E-state index in [1.165, 1.54) is 12.8 Å². The SMILES string of the molecule is C=CC(C=O)C1CC1. The lowest BCUT2D eigenvalue weighted by Crippen LogP contribution is -1.98. The molecule has 0 aliphatic heterocycles. The molecule has 0 aromatic rings. The van der Waals surface area contributed by atoms with E-state index < -0.39 is 0 Å². The fourth-order valence-electron chi connectivity index (χ4n) is 0.840. The highest BCUT2D eigenvalue weighted by molar-refractivity contribution is 5.57. The molecule has 0 bridgehead atoms. The molecular formula is C7H10O. The Hall–Kier alpha value is -0.590. The molecule has 0 saturated heterocycles. The van der Waals surface area contributed by atoms with Gasteiger partial charge in [0, 0.05) is 5.92 Å². The molecule has 0 aromatic heterocycles. The van der Waals surface area contributed by atoms with Gasteiger partial charge in [-0.05, 0) is 18.8 Å². The summed E-state index contributed by atoms with van der Waals surface area (Å²) in [6, 6.07) is 0. The van der Waals surface area contributed by atoms with Crippen molar-refractivity contribution < 1.29 is 4.79 Å². The normalized spacial score (nSPS) is 22.0. The van der Waals surface area contributed by atoms with Crippen molar-refractivity contribution in [1.29, 1.82) is 0 Å². The molecule has 0 heterocycles. The predicted molar refractivity (Wildman–Crippen MR) is 32.5 cm³/mol. The summed E-state index contributed by atoms with van der Waals surface area (Å²) in [4.78, 5) is 10.1. The van der Waals surface area contributed by atoms with Crippen LogP contribution in [0.4, 0.5) is 0 Å². The van der Waals surface area contributed by atoms with E-state index in [0.29, 0.717) is 5.92 Å². The maximum absolute atomic E-state index is 10.1. The van der Waals surface area contributed by atoms with Crippen LogP contribution in [0.2, 0.25) is 0 Å². The lowest BCUT2D eigenvalue weighted by molar-refractivity contribution is -0.110. The first kappa shape index (κ1) is 5.54. The van der Waals surface area contributed by atoms with Gasteiger partial charge in [-0.3, -0.25) is 0 Å². The van der Waals surface area contributed by atoms with Crippen molar-refractivity contribution in [2.45, 2.75) is 12.8 Å². The summed E-state index contributed by atoms with van der Waals surface area (Å²) in [5, 5.41) is 0. The van der Waals surface area contributed by atoms with Crippen molar-refractivity contribution in [3.8, 4) is 0 Å². The molecule has 8 heavy (non-hydrogen) atoms. The van der Waals surface area contributed by atoms with Gasteiger partial charge in [0.25, 0.3) is 0 Å². The van der Waals surface area contributed by atoms with Gasteiger partial charge in [0.15, 0.2) is 0 Å². The minimum atomic E-state index is 0.148. The second-order valence-corrected chi connectivity index (χ2v) is 2.29. The zero-order valence-electron chi connectivity index (χ0n) is 4.84. The molecule has 1 atom stereocenters. The highest BCUT2D eigenvalue weighted by Gasteiger charge is 2.28. The Morgan fingerprint density at radius 3 is 2.38 bits per heavy atom. The molecule has 0 amide bonds. The van der Waals surface area contributed by atoms with Gasteiger partial charge in [0.05, 0.1) is 0 Å². The van der Waals surface area contributed by atoms with Gasteiger partial charge in [-0.1, -0.05) is 6.08 Å². The molecule has 1 nitrogen and oxygen atoms in total. The third kappa shape index (κ3) is 0.971. The van der Waals surface area contributed by atoms with Crippen LogP contribution in [-0.2, 0) is 4.79 Å². The number of carbonyl (C=O) groups excluding carboxylic acids is 1. The highest BCUT2D eigenvalue weighted by Crippen LogP contribution is 2.35. The zero-order valence-corrected chi connectivity index (χ0v) is 4.84. The molecule has 0 radical (unpaired) electrons. The molecule has 0 spiro atoms. The molecule has 1 fully saturated rings. The zero-order chi connectivity index (χ0) is 5.98. The summed E-state index contributed by atoms with van der Waals surface area (Å²) in [6.45, 7) is 3.56. The minimum absolute atomic E-state index is 0.148. The maximum atomic E-state index is 10.1. The number of allylic oxidation sites excluding steroid dienone is 1. The van der Waals surface area contributed by atoms with Crippen LogP contribution >= 0.6 is 0 Å². The Balaban J connectivity index is 2.36. The first-order chi connectivity index (χ1) is 3.88. The third-order valence-corrected chi connectivity index (χ3v) is 1.60. The predicted octanol–water partition coefficient (Wildman–Crippen LogP) is 1.40. The van der Waals surface area contributed by atoms with Gasteiger partial charge >= 0.3 is 0 Å². The number of rotatable bonds is 3. The van der Waals surface area contributed by atoms with E-state index in [9.17, 15) is 4.79 Å². The highest BCUT2D eigenvalue weighted by atomic mass is 16.1. The summed E-state index contributed by atoms with van der Waals surface area (Å²) in [5.74, 6) is 0.792. The Bertz CT molecular complexity index is 95.0. The van der Waals surface area contributed by atoms with Crippen LogP contribution in [0.5, 0.6) is 0 Å². The van der Waals surface area contributed by atoms with Crippen LogP contribution in [0.1, 0.15) is 12.8 Å². The van der Waals surface area contributed by atoms with Gasteiger partial charge in [-0.2, -0.15) is 0 Å². The first-order valence-corrected chi connectivity index (χ1v) is 2.96. The minimum Gasteiger partial charge on any atom is -0.303 e. The number of hydrogen-bond acceptors (Lipinski definition) is 1. The van der Waals surface area contributed by atoms with E-state index >= 15 is 0 Å². The molecule has 0 aromatic carbocycles. The van der Waals surface area contributed by atoms with Crippen molar-refractivity contribution in [2.75, 3.05) is 0 Å². The van der Waals surface area contributed by atoms with E-state index in [1.54, 1.807) is 6.08 Å². The average Bonchev–Trinajstić information content (AvgIpc) is 2.53. The topological polar surface area (TPSA) is 17.1 Å². The van der Waals surface area contributed by atoms with Crippen molar-refractivity contribution in [3.63, 3.8) is 0 Å². The first-order valence-electron chi connectivity index (χ1n) is 2.96. The molecule has 1 rings (SSSR count). The molecule has 1 aliphatic carbocycles. The fourth-order valence-corrected chi connectivity index (χ4v) is 0.840. The van der Waals surface area contributed by atoms with Crippen molar-refractivity contribution in [3.05, 3.63) is 12.7 Å². The molecular weight excluding hydrogens is 100 g/mol. The van der Waals surface area contributed by atoms with E-state index in [0.717, 1.165) is 6.29 Å².